The Morgan fingerprint density at radius 1 is 1.12 bits per heavy atom. The third-order valence-corrected chi connectivity index (χ3v) is 3.93. The number of ether oxygens (including phenoxy) is 1. The van der Waals surface area contributed by atoms with Crippen LogP contribution in [0.15, 0.2) is 60.8 Å². The van der Waals surface area contributed by atoms with Gasteiger partial charge in [0.05, 0.1) is 18.2 Å². The molecule has 0 radical (unpaired) electrons. The summed E-state index contributed by atoms with van der Waals surface area (Å²) in [6, 6.07) is 17.0. The summed E-state index contributed by atoms with van der Waals surface area (Å²) < 4.78 is 5.44. The van der Waals surface area contributed by atoms with Crippen LogP contribution >= 0.6 is 0 Å². The number of pyridine rings is 1. The van der Waals surface area contributed by atoms with Gasteiger partial charge in [0, 0.05) is 17.1 Å². The third kappa shape index (κ3) is 3.38. The standard InChI is InChI=1S/C20H20N2O2/c1-3-24-16-11-9-15(10-12-16)14(2)22-20(23)18-6-4-8-19-17(18)7-5-13-21-19/h4-14H,3H2,1-2H3,(H,22,23). The van der Waals surface area contributed by atoms with Crippen LogP contribution in [0.2, 0.25) is 0 Å². The highest BCUT2D eigenvalue weighted by Crippen LogP contribution is 2.20. The smallest absolute Gasteiger partial charge is 0.252 e. The molecule has 0 fully saturated rings. The first kappa shape index (κ1) is 16.0. The van der Waals surface area contributed by atoms with Crippen LogP contribution in [0, 0.1) is 0 Å². The molecule has 0 aliphatic rings. The van der Waals surface area contributed by atoms with E-state index in [1.165, 1.54) is 0 Å². The van der Waals surface area contributed by atoms with Gasteiger partial charge in [-0.05, 0) is 49.7 Å². The van der Waals surface area contributed by atoms with E-state index in [1.807, 2.05) is 68.4 Å². The average molecular weight is 320 g/mol. The van der Waals surface area contributed by atoms with Crippen LogP contribution in [0.25, 0.3) is 10.9 Å². The third-order valence-electron chi connectivity index (χ3n) is 3.93. The molecule has 1 heterocycles. The van der Waals surface area contributed by atoms with E-state index in [2.05, 4.69) is 10.3 Å². The van der Waals surface area contributed by atoms with Crippen LogP contribution in [-0.4, -0.2) is 17.5 Å². The molecular formula is C20H20N2O2. The summed E-state index contributed by atoms with van der Waals surface area (Å²) in [7, 11) is 0. The Labute approximate surface area is 141 Å². The van der Waals surface area contributed by atoms with Gasteiger partial charge in [-0.15, -0.1) is 0 Å². The molecule has 0 saturated carbocycles. The quantitative estimate of drug-likeness (QED) is 0.769. The molecule has 3 aromatic rings. The van der Waals surface area contributed by atoms with E-state index in [0.717, 1.165) is 22.2 Å². The number of carbonyl (C=O) groups excluding carboxylic acids is 1. The normalized spacial score (nSPS) is 11.9. The van der Waals surface area contributed by atoms with Gasteiger partial charge in [-0.2, -0.15) is 0 Å². The number of hydrogen-bond acceptors (Lipinski definition) is 3. The van der Waals surface area contributed by atoms with Gasteiger partial charge in [0.1, 0.15) is 5.75 Å². The van der Waals surface area contributed by atoms with Gasteiger partial charge >= 0.3 is 0 Å². The molecule has 0 spiro atoms. The molecule has 1 N–H and O–H groups in total. The zero-order valence-corrected chi connectivity index (χ0v) is 13.8. The summed E-state index contributed by atoms with van der Waals surface area (Å²) in [6.45, 7) is 4.56. The Bertz CT molecular complexity index is 838. The summed E-state index contributed by atoms with van der Waals surface area (Å²) in [5.74, 6) is 0.731. The molecule has 1 amide bonds. The predicted molar refractivity (Wildman–Crippen MR) is 95.2 cm³/mol. The van der Waals surface area contributed by atoms with Crippen molar-refractivity contribution in [2.24, 2.45) is 0 Å². The second-order valence-corrected chi connectivity index (χ2v) is 5.57. The molecule has 0 aliphatic heterocycles. The minimum atomic E-state index is -0.102. The average Bonchev–Trinajstić information content (AvgIpc) is 2.62. The Morgan fingerprint density at radius 2 is 1.92 bits per heavy atom. The van der Waals surface area contributed by atoms with Crippen molar-refractivity contribution in [2.75, 3.05) is 6.61 Å². The first-order valence-corrected chi connectivity index (χ1v) is 8.06. The highest BCUT2D eigenvalue weighted by molar-refractivity contribution is 6.06. The lowest BCUT2D eigenvalue weighted by Crippen LogP contribution is -2.26. The second-order valence-electron chi connectivity index (χ2n) is 5.57. The van der Waals surface area contributed by atoms with Crippen LogP contribution in [0.1, 0.15) is 35.8 Å². The first-order valence-electron chi connectivity index (χ1n) is 8.06. The summed E-state index contributed by atoms with van der Waals surface area (Å²) in [4.78, 5) is 16.9. The Morgan fingerprint density at radius 3 is 2.67 bits per heavy atom. The molecule has 0 saturated heterocycles. The van der Waals surface area contributed by atoms with E-state index in [-0.39, 0.29) is 11.9 Å². The minimum absolute atomic E-state index is 0.0971. The maximum absolute atomic E-state index is 12.6. The molecule has 4 heteroatoms. The molecule has 0 bridgehead atoms. The van der Waals surface area contributed by atoms with Gasteiger partial charge in [-0.3, -0.25) is 9.78 Å². The lowest BCUT2D eigenvalue weighted by molar-refractivity contribution is 0.0941. The summed E-state index contributed by atoms with van der Waals surface area (Å²) in [6.07, 6.45) is 1.73. The number of amides is 1. The molecule has 3 rings (SSSR count). The summed E-state index contributed by atoms with van der Waals surface area (Å²) in [5.41, 5.74) is 2.49. The van der Waals surface area contributed by atoms with Gasteiger partial charge in [-0.1, -0.05) is 24.3 Å². The van der Waals surface area contributed by atoms with Crippen molar-refractivity contribution in [1.29, 1.82) is 0 Å². The number of fused-ring (bicyclic) bond motifs is 1. The summed E-state index contributed by atoms with van der Waals surface area (Å²) >= 11 is 0. The largest absolute Gasteiger partial charge is 0.494 e. The number of rotatable bonds is 5. The number of nitrogens with zero attached hydrogens (tertiary/aromatic N) is 1. The Kier molecular flexibility index (Phi) is 4.75. The molecule has 0 aliphatic carbocycles. The molecule has 1 unspecified atom stereocenters. The van der Waals surface area contributed by atoms with Crippen molar-refractivity contribution in [2.45, 2.75) is 19.9 Å². The second kappa shape index (κ2) is 7.13. The van der Waals surface area contributed by atoms with E-state index in [1.54, 1.807) is 6.20 Å². The zero-order valence-electron chi connectivity index (χ0n) is 13.8. The number of benzene rings is 2. The van der Waals surface area contributed by atoms with E-state index >= 15 is 0 Å². The molecule has 4 nitrogen and oxygen atoms in total. The molecule has 1 atom stereocenters. The van der Waals surface area contributed by atoms with E-state index in [0.29, 0.717) is 12.2 Å². The number of aromatic nitrogens is 1. The van der Waals surface area contributed by atoms with Crippen molar-refractivity contribution in [3.8, 4) is 5.75 Å². The van der Waals surface area contributed by atoms with Gasteiger partial charge in [0.15, 0.2) is 0 Å². The van der Waals surface area contributed by atoms with E-state index in [9.17, 15) is 4.79 Å². The monoisotopic (exact) mass is 320 g/mol. The van der Waals surface area contributed by atoms with Crippen LogP contribution < -0.4 is 10.1 Å². The molecule has 2 aromatic carbocycles. The van der Waals surface area contributed by atoms with E-state index < -0.39 is 0 Å². The fourth-order valence-electron chi connectivity index (χ4n) is 2.68. The fourth-order valence-corrected chi connectivity index (χ4v) is 2.68. The van der Waals surface area contributed by atoms with Gasteiger partial charge in [0.2, 0.25) is 0 Å². The van der Waals surface area contributed by atoms with Crippen molar-refractivity contribution < 1.29 is 9.53 Å². The lowest BCUT2D eigenvalue weighted by Gasteiger charge is -2.16. The van der Waals surface area contributed by atoms with Gasteiger partial charge in [0.25, 0.3) is 5.91 Å². The molecule has 1 aromatic heterocycles. The van der Waals surface area contributed by atoms with E-state index in [4.69, 9.17) is 4.74 Å². The molecular weight excluding hydrogens is 300 g/mol. The van der Waals surface area contributed by atoms with Crippen LogP contribution in [0.5, 0.6) is 5.75 Å². The zero-order chi connectivity index (χ0) is 16.9. The predicted octanol–water partition coefficient (Wildman–Crippen LogP) is 4.12. The Hall–Kier alpha value is -2.88. The van der Waals surface area contributed by atoms with Crippen LogP contribution in [0.4, 0.5) is 0 Å². The number of carbonyl (C=O) groups is 1. The fraction of sp³-hybridized carbons (Fsp3) is 0.200. The maximum atomic E-state index is 12.6. The van der Waals surface area contributed by atoms with Gasteiger partial charge in [-0.25, -0.2) is 0 Å². The topological polar surface area (TPSA) is 51.2 Å². The summed E-state index contributed by atoms with van der Waals surface area (Å²) in [5, 5.41) is 3.91. The van der Waals surface area contributed by atoms with Crippen molar-refractivity contribution in [1.82, 2.24) is 10.3 Å². The SMILES string of the molecule is CCOc1ccc(C(C)NC(=O)c2cccc3ncccc23)cc1. The van der Waals surface area contributed by atoms with Crippen molar-refractivity contribution in [3.63, 3.8) is 0 Å². The first-order chi connectivity index (χ1) is 11.7. The molecule has 24 heavy (non-hydrogen) atoms. The minimum Gasteiger partial charge on any atom is -0.494 e. The number of nitrogens with one attached hydrogen (secondary N) is 1. The lowest BCUT2D eigenvalue weighted by atomic mass is 10.1. The van der Waals surface area contributed by atoms with Crippen LogP contribution in [0.3, 0.4) is 0 Å². The van der Waals surface area contributed by atoms with Gasteiger partial charge < -0.3 is 10.1 Å². The van der Waals surface area contributed by atoms with Crippen molar-refractivity contribution >= 4 is 16.8 Å². The molecule has 122 valence electrons. The maximum Gasteiger partial charge on any atom is 0.252 e. The van der Waals surface area contributed by atoms with Crippen molar-refractivity contribution in [3.05, 3.63) is 71.9 Å². The Balaban J connectivity index is 1.78. The number of hydrogen-bond donors (Lipinski definition) is 1. The highest BCUT2D eigenvalue weighted by Gasteiger charge is 2.14. The highest BCUT2D eigenvalue weighted by atomic mass is 16.5. The van der Waals surface area contributed by atoms with Crippen LogP contribution in [-0.2, 0) is 0 Å².